The molecule has 4 heterocycles. The first-order chi connectivity index (χ1) is 15.3. The van der Waals surface area contributed by atoms with Crippen LogP contribution in [0.3, 0.4) is 0 Å². The maximum atomic E-state index is 13.1. The standard InChI is InChI=1S/C23H21N5OS2/c29-21(27-13-5-10-19(27)20-11-6-14-30-20)16-31-23-26-25-22(17-7-4-12-24-15-17)28(23)18-8-2-1-3-9-18/h1-4,6-9,11-12,14-15,19H,5,10,13,16H2/t19-/m0/s1. The molecule has 0 aliphatic carbocycles. The number of pyridine rings is 1. The van der Waals surface area contributed by atoms with E-state index in [0.29, 0.717) is 16.7 Å². The molecule has 1 aliphatic heterocycles. The summed E-state index contributed by atoms with van der Waals surface area (Å²) in [5.74, 6) is 1.19. The highest BCUT2D eigenvalue weighted by Gasteiger charge is 2.30. The summed E-state index contributed by atoms with van der Waals surface area (Å²) >= 11 is 3.16. The number of thioether (sulfide) groups is 1. The highest BCUT2D eigenvalue weighted by molar-refractivity contribution is 7.99. The van der Waals surface area contributed by atoms with Gasteiger partial charge in [0.1, 0.15) is 0 Å². The number of likely N-dealkylation sites (tertiary alicyclic amines) is 1. The lowest BCUT2D eigenvalue weighted by molar-refractivity contribution is -0.129. The van der Waals surface area contributed by atoms with Gasteiger partial charge in [-0.05, 0) is 48.6 Å². The van der Waals surface area contributed by atoms with Crippen LogP contribution in [0.25, 0.3) is 17.1 Å². The third kappa shape index (κ3) is 4.13. The quantitative estimate of drug-likeness (QED) is 0.396. The van der Waals surface area contributed by atoms with Crippen LogP contribution in [0.4, 0.5) is 0 Å². The van der Waals surface area contributed by atoms with E-state index in [2.05, 4.69) is 32.7 Å². The number of carbonyl (C=O) groups excluding carboxylic acids is 1. The summed E-state index contributed by atoms with van der Waals surface area (Å²) in [6, 6.07) is 18.2. The Bertz CT molecular complexity index is 1150. The minimum atomic E-state index is 0.145. The monoisotopic (exact) mass is 447 g/mol. The van der Waals surface area contributed by atoms with Crippen LogP contribution in [-0.2, 0) is 4.79 Å². The predicted octanol–water partition coefficient (Wildman–Crippen LogP) is 4.85. The molecule has 6 nitrogen and oxygen atoms in total. The summed E-state index contributed by atoms with van der Waals surface area (Å²) in [4.78, 5) is 20.6. The van der Waals surface area contributed by atoms with Gasteiger partial charge in [0.2, 0.25) is 5.91 Å². The molecule has 0 unspecified atom stereocenters. The zero-order valence-corrected chi connectivity index (χ0v) is 18.4. The summed E-state index contributed by atoms with van der Waals surface area (Å²) in [5.41, 5.74) is 1.84. The summed E-state index contributed by atoms with van der Waals surface area (Å²) in [6.07, 6.45) is 5.59. The summed E-state index contributed by atoms with van der Waals surface area (Å²) in [6.45, 7) is 0.814. The number of nitrogens with zero attached hydrogens (tertiary/aromatic N) is 5. The molecule has 156 valence electrons. The smallest absolute Gasteiger partial charge is 0.233 e. The summed E-state index contributed by atoms with van der Waals surface area (Å²) < 4.78 is 2.00. The van der Waals surface area contributed by atoms with Crippen molar-refractivity contribution in [2.45, 2.75) is 24.0 Å². The Kier molecular flexibility index (Phi) is 5.82. The van der Waals surface area contributed by atoms with Crippen LogP contribution < -0.4 is 0 Å². The highest BCUT2D eigenvalue weighted by Crippen LogP contribution is 2.35. The minimum absolute atomic E-state index is 0.145. The van der Waals surface area contributed by atoms with Crippen LogP contribution in [0.15, 0.2) is 77.5 Å². The van der Waals surface area contributed by atoms with Gasteiger partial charge in [-0.15, -0.1) is 21.5 Å². The molecule has 0 radical (unpaired) electrons. The van der Waals surface area contributed by atoms with Crippen molar-refractivity contribution < 1.29 is 4.79 Å². The van der Waals surface area contributed by atoms with Crippen molar-refractivity contribution in [3.63, 3.8) is 0 Å². The van der Waals surface area contributed by atoms with Gasteiger partial charge in [-0.2, -0.15) is 0 Å². The Morgan fingerprint density at radius 3 is 2.77 bits per heavy atom. The molecule has 31 heavy (non-hydrogen) atoms. The topological polar surface area (TPSA) is 63.9 Å². The van der Waals surface area contributed by atoms with E-state index in [1.807, 2.05) is 51.9 Å². The number of hydrogen-bond donors (Lipinski definition) is 0. The number of rotatable bonds is 6. The maximum Gasteiger partial charge on any atom is 0.233 e. The molecule has 0 N–H and O–H groups in total. The molecule has 1 atom stereocenters. The Morgan fingerprint density at radius 1 is 1.10 bits per heavy atom. The van der Waals surface area contributed by atoms with Crippen LogP contribution in [0.1, 0.15) is 23.8 Å². The van der Waals surface area contributed by atoms with E-state index >= 15 is 0 Å². The molecule has 3 aromatic heterocycles. The van der Waals surface area contributed by atoms with E-state index in [0.717, 1.165) is 30.6 Å². The fraction of sp³-hybridized carbons (Fsp3) is 0.217. The van der Waals surface area contributed by atoms with E-state index in [9.17, 15) is 4.79 Å². The van der Waals surface area contributed by atoms with Crippen LogP contribution in [0, 0.1) is 0 Å². The first-order valence-corrected chi connectivity index (χ1v) is 12.0. The predicted molar refractivity (Wildman–Crippen MR) is 123 cm³/mol. The lowest BCUT2D eigenvalue weighted by atomic mass is 10.2. The first kappa shape index (κ1) is 20.0. The molecule has 0 saturated carbocycles. The number of hydrogen-bond acceptors (Lipinski definition) is 6. The van der Waals surface area contributed by atoms with Crippen molar-refractivity contribution >= 4 is 29.0 Å². The Labute approximate surface area is 189 Å². The molecule has 4 aromatic rings. The maximum absolute atomic E-state index is 13.1. The van der Waals surface area contributed by atoms with Crippen molar-refractivity contribution in [3.8, 4) is 17.1 Å². The van der Waals surface area contributed by atoms with Crippen molar-refractivity contribution in [2.24, 2.45) is 0 Å². The van der Waals surface area contributed by atoms with E-state index in [1.165, 1.54) is 16.6 Å². The molecule has 1 aromatic carbocycles. The third-order valence-corrected chi connectivity index (χ3v) is 7.22. The summed E-state index contributed by atoms with van der Waals surface area (Å²) in [5, 5.41) is 11.6. The van der Waals surface area contributed by atoms with Gasteiger partial charge in [-0.25, -0.2) is 0 Å². The molecule has 1 saturated heterocycles. The van der Waals surface area contributed by atoms with Gasteiger partial charge in [0.25, 0.3) is 0 Å². The van der Waals surface area contributed by atoms with Gasteiger partial charge in [-0.3, -0.25) is 14.3 Å². The van der Waals surface area contributed by atoms with Gasteiger partial charge in [-0.1, -0.05) is 36.0 Å². The zero-order chi connectivity index (χ0) is 21.0. The van der Waals surface area contributed by atoms with E-state index < -0.39 is 0 Å². The fourth-order valence-electron chi connectivity index (χ4n) is 3.91. The van der Waals surface area contributed by atoms with Crippen molar-refractivity contribution in [1.29, 1.82) is 0 Å². The Balaban J connectivity index is 1.39. The second-order valence-corrected chi connectivity index (χ2v) is 9.19. The lowest BCUT2D eigenvalue weighted by Crippen LogP contribution is -2.31. The lowest BCUT2D eigenvalue weighted by Gasteiger charge is -2.23. The average molecular weight is 448 g/mol. The van der Waals surface area contributed by atoms with E-state index in [-0.39, 0.29) is 11.9 Å². The molecule has 0 bridgehead atoms. The van der Waals surface area contributed by atoms with Crippen LogP contribution in [0.2, 0.25) is 0 Å². The zero-order valence-electron chi connectivity index (χ0n) is 16.8. The van der Waals surface area contributed by atoms with Gasteiger partial charge >= 0.3 is 0 Å². The molecule has 1 aliphatic rings. The molecule has 0 spiro atoms. The number of aromatic nitrogens is 4. The number of amides is 1. The molecule has 1 amide bonds. The summed E-state index contributed by atoms with van der Waals surface area (Å²) in [7, 11) is 0. The molecule has 8 heteroatoms. The van der Waals surface area contributed by atoms with Crippen molar-refractivity contribution in [2.75, 3.05) is 12.3 Å². The van der Waals surface area contributed by atoms with Crippen LogP contribution >= 0.6 is 23.1 Å². The van der Waals surface area contributed by atoms with Gasteiger partial charge in [0.05, 0.1) is 11.8 Å². The van der Waals surface area contributed by atoms with Gasteiger partial charge in [0, 0.05) is 35.1 Å². The van der Waals surface area contributed by atoms with E-state index in [4.69, 9.17) is 0 Å². The fourth-order valence-corrected chi connectivity index (χ4v) is 5.62. The molecule has 5 rings (SSSR count). The third-order valence-electron chi connectivity index (χ3n) is 5.34. The first-order valence-electron chi connectivity index (χ1n) is 10.2. The molecule has 1 fully saturated rings. The van der Waals surface area contributed by atoms with Gasteiger partial charge in [0.15, 0.2) is 11.0 Å². The average Bonchev–Trinajstić information content (AvgIpc) is 3.59. The number of carbonyl (C=O) groups is 1. The Hall–Kier alpha value is -2.97. The molecular weight excluding hydrogens is 426 g/mol. The second-order valence-electron chi connectivity index (χ2n) is 7.27. The normalized spacial score (nSPS) is 16.0. The SMILES string of the molecule is O=C(CSc1nnc(-c2cccnc2)n1-c1ccccc1)N1CCC[C@H]1c1cccs1. The second kappa shape index (κ2) is 9.03. The van der Waals surface area contributed by atoms with Crippen LogP contribution in [-0.4, -0.2) is 42.9 Å². The number of benzene rings is 1. The van der Waals surface area contributed by atoms with Gasteiger partial charge < -0.3 is 4.90 Å². The van der Waals surface area contributed by atoms with E-state index in [1.54, 1.807) is 23.7 Å². The largest absolute Gasteiger partial charge is 0.334 e. The number of thiophene rings is 1. The Morgan fingerprint density at radius 2 is 2.00 bits per heavy atom. The highest BCUT2D eigenvalue weighted by atomic mass is 32.2. The minimum Gasteiger partial charge on any atom is -0.334 e. The van der Waals surface area contributed by atoms with Crippen molar-refractivity contribution in [3.05, 3.63) is 77.2 Å². The number of para-hydroxylation sites is 1. The van der Waals surface area contributed by atoms with Crippen LogP contribution in [0.5, 0.6) is 0 Å². The molecular formula is C23H21N5OS2. The van der Waals surface area contributed by atoms with Crippen molar-refractivity contribution in [1.82, 2.24) is 24.6 Å².